The van der Waals surface area contributed by atoms with Gasteiger partial charge in [-0.05, 0) is 49.1 Å². The molecule has 3 rings (SSSR count). The maximum absolute atomic E-state index is 12.9. The van der Waals surface area contributed by atoms with Crippen molar-refractivity contribution in [2.75, 3.05) is 7.11 Å². The molecule has 3 amide bonds. The number of carbonyl (C=O) groups excluding carboxylic acids is 2. The maximum Gasteiger partial charge on any atom is 0.325 e. The highest BCUT2D eigenvalue weighted by Crippen LogP contribution is 2.26. The Balaban J connectivity index is 1.71. The van der Waals surface area contributed by atoms with Crippen molar-refractivity contribution in [3.8, 4) is 11.8 Å². The van der Waals surface area contributed by atoms with E-state index in [1.54, 1.807) is 38.3 Å². The standard InChI is InChI=1S/C21H21N3O3/c1-21(12-11-15-7-9-18(27-2)10-8-15)19(25)24(20(26)23-21)14-17-6-4-3-5-16(17)13-22/h3-10H,11-12,14H2,1-2H3,(H,23,26)/t21-/m0/s1. The van der Waals surface area contributed by atoms with Crippen molar-refractivity contribution in [2.45, 2.75) is 31.8 Å². The molecular weight excluding hydrogens is 342 g/mol. The smallest absolute Gasteiger partial charge is 0.325 e. The van der Waals surface area contributed by atoms with E-state index >= 15 is 0 Å². The van der Waals surface area contributed by atoms with E-state index in [4.69, 9.17) is 4.74 Å². The fourth-order valence-corrected chi connectivity index (χ4v) is 3.18. The molecule has 1 saturated heterocycles. The Morgan fingerprint density at radius 3 is 2.52 bits per heavy atom. The van der Waals surface area contributed by atoms with Gasteiger partial charge >= 0.3 is 6.03 Å². The van der Waals surface area contributed by atoms with Gasteiger partial charge in [0.2, 0.25) is 0 Å². The van der Waals surface area contributed by atoms with Crippen molar-refractivity contribution in [2.24, 2.45) is 0 Å². The third kappa shape index (κ3) is 3.77. The first-order chi connectivity index (χ1) is 13.0. The summed E-state index contributed by atoms with van der Waals surface area (Å²) in [5, 5.41) is 12.0. The van der Waals surface area contributed by atoms with Gasteiger partial charge < -0.3 is 10.1 Å². The molecule has 6 heteroatoms. The minimum atomic E-state index is -0.960. The molecule has 0 unspecified atom stereocenters. The number of rotatable bonds is 6. The lowest BCUT2D eigenvalue weighted by atomic mass is 9.93. The zero-order valence-corrected chi connectivity index (χ0v) is 15.4. The van der Waals surface area contributed by atoms with Crippen molar-refractivity contribution < 1.29 is 14.3 Å². The molecule has 2 aromatic rings. The van der Waals surface area contributed by atoms with Crippen LogP contribution in [0.4, 0.5) is 4.79 Å². The van der Waals surface area contributed by atoms with Crippen molar-refractivity contribution in [3.05, 3.63) is 65.2 Å². The molecule has 0 radical (unpaired) electrons. The third-order valence-corrected chi connectivity index (χ3v) is 4.88. The van der Waals surface area contributed by atoms with Gasteiger partial charge in [0, 0.05) is 0 Å². The highest BCUT2D eigenvalue weighted by molar-refractivity contribution is 6.06. The van der Waals surface area contributed by atoms with Crippen LogP contribution < -0.4 is 10.1 Å². The van der Waals surface area contributed by atoms with Crippen LogP contribution in [0.15, 0.2) is 48.5 Å². The minimum Gasteiger partial charge on any atom is -0.497 e. The van der Waals surface area contributed by atoms with Gasteiger partial charge in [-0.15, -0.1) is 0 Å². The summed E-state index contributed by atoms with van der Waals surface area (Å²) in [7, 11) is 1.61. The summed E-state index contributed by atoms with van der Waals surface area (Å²) in [6.07, 6.45) is 1.13. The molecule has 0 spiro atoms. The molecule has 1 N–H and O–H groups in total. The molecular formula is C21H21N3O3. The summed E-state index contributed by atoms with van der Waals surface area (Å²) >= 11 is 0. The number of aryl methyl sites for hydroxylation is 1. The predicted molar refractivity (Wildman–Crippen MR) is 100.0 cm³/mol. The van der Waals surface area contributed by atoms with Gasteiger partial charge in [-0.3, -0.25) is 9.69 Å². The summed E-state index contributed by atoms with van der Waals surface area (Å²) in [6.45, 7) is 1.83. The number of amides is 3. The maximum atomic E-state index is 12.9. The molecule has 6 nitrogen and oxygen atoms in total. The second-order valence-electron chi connectivity index (χ2n) is 6.77. The Hall–Kier alpha value is -3.33. The molecule has 1 aliphatic rings. The Bertz CT molecular complexity index is 902. The molecule has 138 valence electrons. The summed E-state index contributed by atoms with van der Waals surface area (Å²) < 4.78 is 5.15. The molecule has 1 heterocycles. The molecule has 1 fully saturated rings. The molecule has 0 aromatic heterocycles. The topological polar surface area (TPSA) is 82.4 Å². The normalized spacial score (nSPS) is 18.9. The summed E-state index contributed by atoms with van der Waals surface area (Å²) in [4.78, 5) is 26.5. The SMILES string of the molecule is COc1ccc(CC[C@]2(C)NC(=O)N(Cc3ccccc3C#N)C2=O)cc1. The lowest BCUT2D eigenvalue weighted by molar-refractivity contribution is -0.131. The number of hydrogen-bond donors (Lipinski definition) is 1. The number of methoxy groups -OCH3 is 1. The number of nitriles is 1. The zero-order chi connectivity index (χ0) is 19.4. The van der Waals surface area contributed by atoms with E-state index in [-0.39, 0.29) is 12.5 Å². The Morgan fingerprint density at radius 2 is 1.85 bits per heavy atom. The van der Waals surface area contributed by atoms with E-state index < -0.39 is 11.6 Å². The van der Waals surface area contributed by atoms with E-state index in [2.05, 4.69) is 11.4 Å². The fraction of sp³-hybridized carbons (Fsp3) is 0.286. The van der Waals surface area contributed by atoms with E-state index in [1.165, 1.54) is 4.90 Å². The van der Waals surface area contributed by atoms with Gasteiger partial charge in [-0.2, -0.15) is 5.26 Å². The van der Waals surface area contributed by atoms with Crippen LogP contribution >= 0.6 is 0 Å². The number of benzene rings is 2. The van der Waals surface area contributed by atoms with E-state index in [9.17, 15) is 14.9 Å². The monoisotopic (exact) mass is 363 g/mol. The van der Waals surface area contributed by atoms with Crippen LogP contribution in [0.2, 0.25) is 0 Å². The minimum absolute atomic E-state index is 0.0898. The highest BCUT2D eigenvalue weighted by atomic mass is 16.5. The number of nitrogens with zero attached hydrogens (tertiary/aromatic N) is 2. The first-order valence-electron chi connectivity index (χ1n) is 8.72. The van der Waals surface area contributed by atoms with Gasteiger partial charge in [-0.1, -0.05) is 30.3 Å². The molecule has 1 atom stereocenters. The average Bonchev–Trinajstić information content (AvgIpc) is 2.90. The largest absolute Gasteiger partial charge is 0.497 e. The van der Waals surface area contributed by atoms with Crippen LogP contribution in [-0.2, 0) is 17.8 Å². The van der Waals surface area contributed by atoms with Gasteiger partial charge in [0.05, 0.1) is 25.3 Å². The number of carbonyl (C=O) groups is 2. The van der Waals surface area contributed by atoms with Gasteiger partial charge in [-0.25, -0.2) is 4.79 Å². The molecule has 1 aliphatic heterocycles. The van der Waals surface area contributed by atoms with Crippen LogP contribution in [0.3, 0.4) is 0 Å². The molecule has 27 heavy (non-hydrogen) atoms. The van der Waals surface area contributed by atoms with Crippen LogP contribution in [-0.4, -0.2) is 29.5 Å². The van der Waals surface area contributed by atoms with Gasteiger partial charge in [0.1, 0.15) is 11.3 Å². The quantitative estimate of drug-likeness (QED) is 0.800. The van der Waals surface area contributed by atoms with Crippen molar-refractivity contribution >= 4 is 11.9 Å². The van der Waals surface area contributed by atoms with Crippen molar-refractivity contribution in [1.82, 2.24) is 10.2 Å². The van der Waals surface area contributed by atoms with Crippen molar-refractivity contribution in [1.29, 1.82) is 5.26 Å². The fourth-order valence-electron chi connectivity index (χ4n) is 3.18. The summed E-state index contributed by atoms with van der Waals surface area (Å²) in [5.74, 6) is 0.506. The number of urea groups is 1. The average molecular weight is 363 g/mol. The lowest BCUT2D eigenvalue weighted by Gasteiger charge is -2.22. The Morgan fingerprint density at radius 1 is 1.15 bits per heavy atom. The zero-order valence-electron chi connectivity index (χ0n) is 15.4. The lowest BCUT2D eigenvalue weighted by Crippen LogP contribution is -2.44. The van der Waals surface area contributed by atoms with Gasteiger partial charge in [0.25, 0.3) is 5.91 Å². The number of ether oxygens (including phenoxy) is 1. The highest BCUT2D eigenvalue weighted by Gasteiger charge is 2.47. The van der Waals surface area contributed by atoms with E-state index in [0.717, 1.165) is 11.3 Å². The van der Waals surface area contributed by atoms with Crippen LogP contribution in [0.25, 0.3) is 0 Å². The second-order valence-corrected chi connectivity index (χ2v) is 6.77. The van der Waals surface area contributed by atoms with Crippen molar-refractivity contribution in [3.63, 3.8) is 0 Å². The third-order valence-electron chi connectivity index (χ3n) is 4.88. The predicted octanol–water partition coefficient (Wildman–Crippen LogP) is 3.01. The second kappa shape index (κ2) is 7.50. The van der Waals surface area contributed by atoms with E-state index in [1.807, 2.05) is 24.3 Å². The molecule has 0 bridgehead atoms. The molecule has 2 aromatic carbocycles. The van der Waals surface area contributed by atoms with Gasteiger partial charge in [0.15, 0.2) is 0 Å². The van der Waals surface area contributed by atoms with E-state index in [0.29, 0.717) is 24.0 Å². The van der Waals surface area contributed by atoms with Crippen LogP contribution in [0.5, 0.6) is 5.75 Å². The number of nitrogens with one attached hydrogen (secondary N) is 1. The molecule has 0 saturated carbocycles. The summed E-state index contributed by atoms with van der Waals surface area (Å²) in [6, 6.07) is 16.3. The Labute approximate surface area is 158 Å². The first kappa shape index (κ1) is 18.5. The number of hydrogen-bond acceptors (Lipinski definition) is 4. The Kier molecular flexibility index (Phi) is 5.13. The van der Waals surface area contributed by atoms with Crippen LogP contribution in [0, 0.1) is 11.3 Å². The van der Waals surface area contributed by atoms with Crippen LogP contribution in [0.1, 0.15) is 30.0 Å². The molecule has 0 aliphatic carbocycles. The summed E-state index contributed by atoms with van der Waals surface area (Å²) in [5.41, 5.74) is 1.22. The first-order valence-corrected chi connectivity index (χ1v) is 8.72. The number of imide groups is 1.